The van der Waals surface area contributed by atoms with Crippen LogP contribution in [0.15, 0.2) is 47.7 Å². The molecule has 8 heteroatoms. The lowest BCUT2D eigenvalue weighted by atomic mass is 10.2. The first-order valence-corrected chi connectivity index (χ1v) is 10.1. The largest absolute Gasteiger partial charge is 0.357 e. The molecule has 1 saturated heterocycles. The molecule has 0 amide bonds. The first kappa shape index (κ1) is 23.3. The smallest absolute Gasteiger partial charge is 0.191 e. The van der Waals surface area contributed by atoms with Crippen LogP contribution < -0.4 is 15.5 Å². The van der Waals surface area contributed by atoms with Crippen LogP contribution in [-0.2, 0) is 13.1 Å². The van der Waals surface area contributed by atoms with Gasteiger partial charge in [0, 0.05) is 45.1 Å². The SMILES string of the molecule is CCNC(=NCc1ccc(N2CCN(CC)CC2)nc1)NCc1ccccn1.I. The van der Waals surface area contributed by atoms with Crippen LogP contribution in [0.3, 0.4) is 0 Å². The zero-order valence-corrected chi connectivity index (χ0v) is 19.7. The van der Waals surface area contributed by atoms with Gasteiger partial charge in [-0.1, -0.05) is 19.1 Å². The molecule has 0 bridgehead atoms. The minimum Gasteiger partial charge on any atom is -0.357 e. The minimum absolute atomic E-state index is 0. The molecule has 3 rings (SSSR count). The van der Waals surface area contributed by atoms with Crippen molar-refractivity contribution in [3.8, 4) is 0 Å². The molecule has 2 aromatic heterocycles. The zero-order chi connectivity index (χ0) is 19.6. The Kier molecular flexibility index (Phi) is 10.1. The van der Waals surface area contributed by atoms with E-state index in [0.29, 0.717) is 13.1 Å². The second-order valence-electron chi connectivity index (χ2n) is 6.82. The Labute approximate surface area is 191 Å². The van der Waals surface area contributed by atoms with Crippen LogP contribution in [0.1, 0.15) is 25.1 Å². The van der Waals surface area contributed by atoms with E-state index in [1.165, 1.54) is 0 Å². The Hall–Kier alpha value is -1.94. The summed E-state index contributed by atoms with van der Waals surface area (Å²) in [4.78, 5) is 18.5. The molecule has 2 N–H and O–H groups in total. The quantitative estimate of drug-likeness (QED) is 0.340. The number of nitrogens with zero attached hydrogens (tertiary/aromatic N) is 5. The molecule has 1 aliphatic heterocycles. The third kappa shape index (κ3) is 7.43. The van der Waals surface area contributed by atoms with Gasteiger partial charge in [-0.15, -0.1) is 24.0 Å². The molecular formula is C21H32IN7. The normalized spacial score (nSPS) is 15.0. The number of anilines is 1. The van der Waals surface area contributed by atoms with Gasteiger partial charge in [0.2, 0.25) is 0 Å². The summed E-state index contributed by atoms with van der Waals surface area (Å²) in [5.74, 6) is 1.84. The van der Waals surface area contributed by atoms with Gasteiger partial charge in [-0.2, -0.15) is 0 Å². The van der Waals surface area contributed by atoms with E-state index in [1.807, 2.05) is 24.4 Å². The number of likely N-dealkylation sites (N-methyl/N-ethyl adjacent to an activating group) is 1. The molecule has 0 aromatic carbocycles. The third-order valence-electron chi connectivity index (χ3n) is 4.88. The highest BCUT2D eigenvalue weighted by atomic mass is 127. The van der Waals surface area contributed by atoms with Gasteiger partial charge in [0.1, 0.15) is 5.82 Å². The van der Waals surface area contributed by atoms with Crippen molar-refractivity contribution in [1.29, 1.82) is 0 Å². The standard InChI is InChI=1S/C21H31N7.HI/c1-3-22-21(26-17-19-7-5-6-10-23-19)25-16-18-8-9-20(24-15-18)28-13-11-27(4-2)12-14-28;/h5-10,15H,3-4,11-14,16-17H2,1-2H3,(H2,22,25,26);1H. The van der Waals surface area contributed by atoms with Crippen LogP contribution in [0.5, 0.6) is 0 Å². The maximum absolute atomic E-state index is 4.67. The van der Waals surface area contributed by atoms with Crippen LogP contribution >= 0.6 is 24.0 Å². The van der Waals surface area contributed by atoms with Gasteiger partial charge in [0.05, 0.1) is 18.8 Å². The lowest BCUT2D eigenvalue weighted by molar-refractivity contribution is 0.270. The van der Waals surface area contributed by atoms with Crippen molar-refractivity contribution in [2.24, 2.45) is 4.99 Å². The second kappa shape index (κ2) is 12.6. The van der Waals surface area contributed by atoms with Crippen molar-refractivity contribution in [2.75, 3.05) is 44.2 Å². The number of hydrogen-bond acceptors (Lipinski definition) is 5. The molecule has 0 atom stereocenters. The average molecular weight is 509 g/mol. The summed E-state index contributed by atoms with van der Waals surface area (Å²) >= 11 is 0. The Morgan fingerprint density at radius 3 is 2.48 bits per heavy atom. The Bertz CT molecular complexity index is 728. The Morgan fingerprint density at radius 1 is 1.03 bits per heavy atom. The molecule has 158 valence electrons. The van der Waals surface area contributed by atoms with Crippen molar-refractivity contribution in [2.45, 2.75) is 26.9 Å². The highest BCUT2D eigenvalue weighted by molar-refractivity contribution is 14.0. The minimum atomic E-state index is 0. The summed E-state index contributed by atoms with van der Waals surface area (Å²) in [5.41, 5.74) is 2.09. The Balaban J connectivity index is 0.00000300. The van der Waals surface area contributed by atoms with Crippen LogP contribution in [-0.4, -0.2) is 60.1 Å². The fraction of sp³-hybridized carbons (Fsp3) is 0.476. The molecule has 29 heavy (non-hydrogen) atoms. The second-order valence-corrected chi connectivity index (χ2v) is 6.82. The van der Waals surface area contributed by atoms with Crippen LogP contribution in [0.25, 0.3) is 0 Å². The van der Waals surface area contributed by atoms with E-state index in [-0.39, 0.29) is 24.0 Å². The predicted molar refractivity (Wildman–Crippen MR) is 130 cm³/mol. The van der Waals surface area contributed by atoms with Crippen molar-refractivity contribution >= 4 is 35.8 Å². The summed E-state index contributed by atoms with van der Waals surface area (Å²) in [5, 5.41) is 6.60. The van der Waals surface area contributed by atoms with E-state index in [9.17, 15) is 0 Å². The van der Waals surface area contributed by atoms with Gasteiger partial charge in [0.25, 0.3) is 0 Å². The van der Waals surface area contributed by atoms with Crippen molar-refractivity contribution < 1.29 is 0 Å². The highest BCUT2D eigenvalue weighted by Gasteiger charge is 2.16. The monoisotopic (exact) mass is 509 g/mol. The summed E-state index contributed by atoms with van der Waals surface area (Å²) in [6.07, 6.45) is 3.74. The topological polar surface area (TPSA) is 68.7 Å². The Morgan fingerprint density at radius 2 is 1.86 bits per heavy atom. The molecule has 3 heterocycles. The van der Waals surface area contributed by atoms with E-state index < -0.39 is 0 Å². The summed E-state index contributed by atoms with van der Waals surface area (Å²) < 4.78 is 0. The van der Waals surface area contributed by atoms with Crippen LogP contribution in [0.2, 0.25) is 0 Å². The number of halogens is 1. The number of piperazine rings is 1. The lowest BCUT2D eigenvalue weighted by Gasteiger charge is -2.34. The van der Waals surface area contributed by atoms with Crippen molar-refractivity contribution in [3.05, 3.63) is 54.0 Å². The summed E-state index contributed by atoms with van der Waals surface area (Å²) in [6.45, 7) is 11.8. The number of rotatable bonds is 7. The van der Waals surface area contributed by atoms with Gasteiger partial charge in [-0.25, -0.2) is 9.98 Å². The van der Waals surface area contributed by atoms with E-state index in [4.69, 9.17) is 0 Å². The van der Waals surface area contributed by atoms with Gasteiger partial charge in [0.15, 0.2) is 5.96 Å². The number of guanidine groups is 1. The molecule has 2 aromatic rings. The molecule has 0 unspecified atom stereocenters. The highest BCUT2D eigenvalue weighted by Crippen LogP contribution is 2.14. The average Bonchev–Trinajstić information content (AvgIpc) is 2.77. The molecule has 0 radical (unpaired) electrons. The first-order chi connectivity index (χ1) is 13.8. The zero-order valence-electron chi connectivity index (χ0n) is 17.3. The fourth-order valence-corrected chi connectivity index (χ4v) is 3.18. The number of pyridine rings is 2. The van der Waals surface area contributed by atoms with Crippen molar-refractivity contribution in [3.63, 3.8) is 0 Å². The molecule has 7 nitrogen and oxygen atoms in total. The van der Waals surface area contributed by atoms with E-state index >= 15 is 0 Å². The lowest BCUT2D eigenvalue weighted by Crippen LogP contribution is -2.46. The van der Waals surface area contributed by atoms with Gasteiger partial charge >= 0.3 is 0 Å². The number of hydrogen-bond donors (Lipinski definition) is 2. The van der Waals surface area contributed by atoms with E-state index in [1.54, 1.807) is 6.20 Å². The van der Waals surface area contributed by atoms with E-state index in [0.717, 1.165) is 62.3 Å². The van der Waals surface area contributed by atoms with Crippen molar-refractivity contribution in [1.82, 2.24) is 25.5 Å². The molecule has 0 spiro atoms. The first-order valence-electron chi connectivity index (χ1n) is 10.1. The predicted octanol–water partition coefficient (Wildman–Crippen LogP) is 2.49. The molecule has 0 aliphatic carbocycles. The van der Waals surface area contributed by atoms with Gasteiger partial charge in [-0.3, -0.25) is 4.98 Å². The maximum atomic E-state index is 4.67. The maximum Gasteiger partial charge on any atom is 0.191 e. The fourth-order valence-electron chi connectivity index (χ4n) is 3.18. The number of nitrogens with one attached hydrogen (secondary N) is 2. The molecule has 0 saturated carbocycles. The van der Waals surface area contributed by atoms with Crippen LogP contribution in [0, 0.1) is 0 Å². The molecular weight excluding hydrogens is 477 g/mol. The molecule has 1 fully saturated rings. The van der Waals surface area contributed by atoms with E-state index in [2.05, 4.69) is 61.4 Å². The number of aromatic nitrogens is 2. The number of aliphatic imine (C=N–C) groups is 1. The van der Waals surface area contributed by atoms with Gasteiger partial charge in [-0.05, 0) is 37.2 Å². The van der Waals surface area contributed by atoms with Gasteiger partial charge < -0.3 is 20.4 Å². The summed E-state index contributed by atoms with van der Waals surface area (Å²) in [7, 11) is 0. The molecule has 1 aliphatic rings. The third-order valence-corrected chi connectivity index (χ3v) is 4.88. The summed E-state index contributed by atoms with van der Waals surface area (Å²) in [6, 6.07) is 10.1. The van der Waals surface area contributed by atoms with Crippen LogP contribution in [0.4, 0.5) is 5.82 Å².